The summed E-state index contributed by atoms with van der Waals surface area (Å²) in [6.07, 6.45) is 1.64. The number of aromatic nitrogens is 2. The maximum absolute atomic E-state index is 12.3. The van der Waals surface area contributed by atoms with Crippen molar-refractivity contribution in [1.29, 1.82) is 0 Å². The number of H-pyrrole nitrogens is 1. The predicted octanol–water partition coefficient (Wildman–Crippen LogP) is 2.31. The molecule has 20 heavy (non-hydrogen) atoms. The van der Waals surface area contributed by atoms with Gasteiger partial charge < -0.3 is 4.90 Å². The Morgan fingerprint density at radius 1 is 1.45 bits per heavy atom. The molecule has 0 bridgehead atoms. The van der Waals surface area contributed by atoms with Crippen molar-refractivity contribution in [3.8, 4) is 0 Å². The highest BCUT2D eigenvalue weighted by molar-refractivity contribution is 7.16. The molecule has 0 atom stereocenters. The van der Waals surface area contributed by atoms with E-state index in [4.69, 9.17) is 11.6 Å². The summed E-state index contributed by atoms with van der Waals surface area (Å²) < 4.78 is 0.674. The monoisotopic (exact) mass is 309 g/mol. The van der Waals surface area contributed by atoms with E-state index >= 15 is 0 Å². The zero-order chi connectivity index (χ0) is 14.5. The molecule has 2 aromatic rings. The fourth-order valence-corrected chi connectivity index (χ4v) is 2.73. The van der Waals surface area contributed by atoms with Crippen LogP contribution >= 0.6 is 22.9 Å². The van der Waals surface area contributed by atoms with Crippen LogP contribution in [-0.2, 0) is 6.54 Å². The van der Waals surface area contributed by atoms with Gasteiger partial charge in [-0.2, -0.15) is 5.10 Å². The number of hydrogen-bond acceptors (Lipinski definition) is 4. The Labute approximate surface area is 124 Å². The second-order valence-corrected chi connectivity index (χ2v) is 5.79. The van der Waals surface area contributed by atoms with Crippen LogP contribution in [0.5, 0.6) is 0 Å². The van der Waals surface area contributed by atoms with Gasteiger partial charge >= 0.3 is 0 Å². The number of carbonyl (C=O) groups is 1. The van der Waals surface area contributed by atoms with Crippen molar-refractivity contribution in [2.45, 2.75) is 6.54 Å². The molecule has 0 radical (unpaired) electrons. The molecule has 0 saturated carbocycles. The van der Waals surface area contributed by atoms with Crippen molar-refractivity contribution < 1.29 is 4.79 Å². The normalized spacial score (nSPS) is 10.2. The van der Waals surface area contributed by atoms with Gasteiger partial charge in [0.15, 0.2) is 0 Å². The van der Waals surface area contributed by atoms with Crippen LogP contribution in [0.15, 0.2) is 41.7 Å². The summed E-state index contributed by atoms with van der Waals surface area (Å²) in [7, 11) is 0. The molecule has 0 unspecified atom stereocenters. The molecule has 0 aliphatic heterocycles. The van der Waals surface area contributed by atoms with Gasteiger partial charge in [-0.15, -0.1) is 17.9 Å². The van der Waals surface area contributed by atoms with Gasteiger partial charge in [-0.3, -0.25) is 9.59 Å². The number of nitrogens with one attached hydrogen (secondary N) is 1. The molecule has 1 amide bonds. The fraction of sp³-hybridized carbons (Fsp3) is 0.154. The third-order valence-electron chi connectivity index (χ3n) is 2.51. The van der Waals surface area contributed by atoms with E-state index < -0.39 is 0 Å². The topological polar surface area (TPSA) is 66.1 Å². The van der Waals surface area contributed by atoms with Gasteiger partial charge in [0.05, 0.1) is 10.9 Å². The van der Waals surface area contributed by atoms with Crippen LogP contribution in [-0.4, -0.2) is 27.5 Å². The van der Waals surface area contributed by atoms with Crippen molar-refractivity contribution in [1.82, 2.24) is 15.1 Å². The molecule has 7 heteroatoms. The van der Waals surface area contributed by atoms with E-state index in [1.54, 1.807) is 17.0 Å². The largest absolute Gasteiger partial charge is 0.328 e. The van der Waals surface area contributed by atoms with Crippen LogP contribution < -0.4 is 5.56 Å². The minimum absolute atomic E-state index is 0.189. The lowest BCUT2D eigenvalue weighted by Gasteiger charge is -2.19. The van der Waals surface area contributed by atoms with Crippen molar-refractivity contribution in [2.24, 2.45) is 0 Å². The number of amides is 1. The number of halogens is 1. The van der Waals surface area contributed by atoms with Gasteiger partial charge in [0.2, 0.25) is 0 Å². The number of aromatic amines is 1. The van der Waals surface area contributed by atoms with Gasteiger partial charge in [-0.05, 0) is 18.2 Å². The predicted molar refractivity (Wildman–Crippen MR) is 79.1 cm³/mol. The van der Waals surface area contributed by atoms with Crippen LogP contribution in [0.1, 0.15) is 15.4 Å². The van der Waals surface area contributed by atoms with Crippen LogP contribution in [0.2, 0.25) is 4.34 Å². The van der Waals surface area contributed by atoms with E-state index in [1.165, 1.54) is 23.5 Å². The Morgan fingerprint density at radius 2 is 2.25 bits per heavy atom. The lowest BCUT2D eigenvalue weighted by Crippen LogP contribution is -2.31. The van der Waals surface area contributed by atoms with E-state index in [2.05, 4.69) is 16.8 Å². The number of carbonyl (C=O) groups excluding carboxylic acids is 1. The molecular weight excluding hydrogens is 298 g/mol. The Balaban J connectivity index is 2.19. The van der Waals surface area contributed by atoms with Crippen LogP contribution in [0.3, 0.4) is 0 Å². The highest BCUT2D eigenvalue weighted by Crippen LogP contribution is 2.23. The first-order valence-electron chi connectivity index (χ1n) is 5.80. The van der Waals surface area contributed by atoms with Gasteiger partial charge in [0, 0.05) is 17.5 Å². The summed E-state index contributed by atoms with van der Waals surface area (Å²) >= 11 is 7.29. The molecule has 104 valence electrons. The number of nitrogens with zero attached hydrogens (tertiary/aromatic N) is 2. The van der Waals surface area contributed by atoms with Crippen molar-refractivity contribution in [3.63, 3.8) is 0 Å². The first kappa shape index (κ1) is 14.5. The first-order valence-corrected chi connectivity index (χ1v) is 6.99. The zero-order valence-electron chi connectivity index (χ0n) is 10.5. The SMILES string of the molecule is C=CCN(Cc1ccc(Cl)s1)C(=O)c1ccc(=O)[nH]n1. The Morgan fingerprint density at radius 3 is 2.80 bits per heavy atom. The molecule has 2 rings (SSSR count). The minimum atomic E-state index is -0.346. The number of thiophene rings is 1. The highest BCUT2D eigenvalue weighted by Gasteiger charge is 2.17. The molecule has 0 saturated heterocycles. The average Bonchev–Trinajstić information content (AvgIpc) is 2.84. The Bertz CT molecular complexity index is 660. The summed E-state index contributed by atoms with van der Waals surface area (Å²) in [5.74, 6) is -0.273. The molecule has 0 spiro atoms. The van der Waals surface area contributed by atoms with E-state index in [-0.39, 0.29) is 17.2 Å². The molecule has 2 aromatic heterocycles. The fourth-order valence-electron chi connectivity index (χ4n) is 1.63. The Hall–Kier alpha value is -1.92. The minimum Gasteiger partial charge on any atom is -0.328 e. The second-order valence-electron chi connectivity index (χ2n) is 3.99. The van der Waals surface area contributed by atoms with E-state index in [0.717, 1.165) is 4.88 Å². The summed E-state index contributed by atoms with van der Waals surface area (Å²) in [6.45, 7) is 4.45. The van der Waals surface area contributed by atoms with Gasteiger partial charge in [0.1, 0.15) is 5.69 Å². The molecule has 2 heterocycles. The van der Waals surface area contributed by atoms with Gasteiger partial charge in [0.25, 0.3) is 11.5 Å². The van der Waals surface area contributed by atoms with Crippen molar-refractivity contribution in [2.75, 3.05) is 6.54 Å². The van der Waals surface area contributed by atoms with E-state index in [1.807, 2.05) is 6.07 Å². The molecule has 0 fully saturated rings. The maximum atomic E-state index is 12.3. The molecule has 0 aliphatic carbocycles. The van der Waals surface area contributed by atoms with Crippen LogP contribution in [0, 0.1) is 0 Å². The van der Waals surface area contributed by atoms with Gasteiger partial charge in [-0.25, -0.2) is 5.10 Å². The molecule has 0 aromatic carbocycles. The second kappa shape index (κ2) is 6.49. The van der Waals surface area contributed by atoms with E-state index in [9.17, 15) is 9.59 Å². The van der Waals surface area contributed by atoms with Crippen molar-refractivity contribution in [3.05, 3.63) is 62.2 Å². The lowest BCUT2D eigenvalue weighted by molar-refractivity contribution is 0.0757. The molecule has 5 nitrogen and oxygen atoms in total. The van der Waals surface area contributed by atoms with Gasteiger partial charge in [-0.1, -0.05) is 17.7 Å². The average molecular weight is 310 g/mol. The van der Waals surface area contributed by atoms with E-state index in [0.29, 0.717) is 17.4 Å². The maximum Gasteiger partial charge on any atom is 0.274 e. The van der Waals surface area contributed by atoms with Crippen LogP contribution in [0.4, 0.5) is 0 Å². The van der Waals surface area contributed by atoms with Crippen LogP contribution in [0.25, 0.3) is 0 Å². The molecular formula is C13H12ClN3O2S. The first-order chi connectivity index (χ1) is 9.60. The third-order valence-corrected chi connectivity index (χ3v) is 3.73. The third kappa shape index (κ3) is 3.55. The summed E-state index contributed by atoms with van der Waals surface area (Å²) in [6, 6.07) is 6.33. The lowest BCUT2D eigenvalue weighted by atomic mass is 10.3. The molecule has 1 N–H and O–H groups in total. The summed E-state index contributed by atoms with van der Waals surface area (Å²) in [5, 5.41) is 5.99. The Kier molecular flexibility index (Phi) is 4.70. The number of rotatable bonds is 5. The summed E-state index contributed by atoms with van der Waals surface area (Å²) in [5.41, 5.74) is -0.157. The zero-order valence-corrected chi connectivity index (χ0v) is 12.1. The quantitative estimate of drug-likeness (QED) is 0.862. The summed E-state index contributed by atoms with van der Waals surface area (Å²) in [4.78, 5) is 25.8. The number of hydrogen-bond donors (Lipinski definition) is 1. The smallest absolute Gasteiger partial charge is 0.274 e. The molecule has 0 aliphatic rings. The highest BCUT2D eigenvalue weighted by atomic mass is 35.5. The standard InChI is InChI=1S/C13H12ClN3O2S/c1-2-7-17(8-9-3-5-11(14)20-9)13(19)10-4-6-12(18)16-15-10/h2-6H,1,7-8H2,(H,16,18). The van der Waals surface area contributed by atoms with Crippen molar-refractivity contribution >= 4 is 28.8 Å².